The number of nitrogens with zero attached hydrogens (tertiary/aromatic N) is 3. The third-order valence-corrected chi connectivity index (χ3v) is 5.32. The van der Waals surface area contributed by atoms with Crippen molar-refractivity contribution in [1.29, 1.82) is 0 Å². The van der Waals surface area contributed by atoms with Crippen LogP contribution in [0.2, 0.25) is 0 Å². The fourth-order valence-electron chi connectivity index (χ4n) is 3.61. The lowest BCUT2D eigenvalue weighted by molar-refractivity contribution is -0.134. The molecule has 2 amide bonds. The molecule has 1 saturated heterocycles. The highest BCUT2D eigenvalue weighted by Gasteiger charge is 2.32. The van der Waals surface area contributed by atoms with E-state index < -0.39 is 0 Å². The molecular weight excluding hydrogens is 345 g/mol. The van der Waals surface area contributed by atoms with E-state index in [4.69, 9.17) is 0 Å². The Bertz CT molecular complexity index is 629. The van der Waals surface area contributed by atoms with Gasteiger partial charge in [-0.2, -0.15) is 0 Å². The Morgan fingerprint density at radius 1 is 1.22 bits per heavy atom. The largest absolute Gasteiger partial charge is 0.342 e. The Hall–Kier alpha value is -1.95. The molecule has 0 N–H and O–H groups in total. The van der Waals surface area contributed by atoms with Gasteiger partial charge in [0.15, 0.2) is 0 Å². The molecule has 0 aliphatic carbocycles. The Morgan fingerprint density at radius 3 is 2.41 bits per heavy atom. The zero-order chi connectivity index (χ0) is 20.0. The molecule has 1 aliphatic heterocycles. The first-order chi connectivity index (χ1) is 12.8. The lowest BCUT2D eigenvalue weighted by atomic mass is 10.0. The summed E-state index contributed by atoms with van der Waals surface area (Å²) in [4.78, 5) is 31.1. The maximum atomic E-state index is 13.2. The van der Waals surface area contributed by atoms with Gasteiger partial charge < -0.3 is 9.80 Å². The number of likely N-dealkylation sites (N-methyl/N-ethyl adjacent to an activating group) is 1. The van der Waals surface area contributed by atoms with Crippen molar-refractivity contribution < 1.29 is 14.0 Å². The van der Waals surface area contributed by atoms with Crippen molar-refractivity contribution in [1.82, 2.24) is 14.7 Å². The molecule has 5 nitrogen and oxygen atoms in total. The summed E-state index contributed by atoms with van der Waals surface area (Å²) in [6.45, 7) is 11.7. The predicted octanol–water partition coefficient (Wildman–Crippen LogP) is 2.75. The molecule has 0 spiro atoms. The van der Waals surface area contributed by atoms with Crippen molar-refractivity contribution >= 4 is 11.8 Å². The van der Waals surface area contributed by atoms with Crippen LogP contribution in [0.15, 0.2) is 24.3 Å². The average Bonchev–Trinajstić information content (AvgIpc) is 2.78. The first-order valence-corrected chi connectivity index (χ1v) is 9.89. The van der Waals surface area contributed by atoms with Gasteiger partial charge >= 0.3 is 0 Å². The molecule has 0 aromatic heterocycles. The second-order valence-electron chi connectivity index (χ2n) is 7.51. The van der Waals surface area contributed by atoms with Gasteiger partial charge in [0.25, 0.3) is 0 Å². The van der Waals surface area contributed by atoms with Crippen molar-refractivity contribution in [3.05, 3.63) is 35.6 Å². The van der Waals surface area contributed by atoms with E-state index in [-0.39, 0.29) is 29.6 Å². The smallest absolute Gasteiger partial charge is 0.236 e. The van der Waals surface area contributed by atoms with Crippen molar-refractivity contribution in [3.63, 3.8) is 0 Å². The highest BCUT2D eigenvalue weighted by atomic mass is 19.1. The molecule has 1 aromatic carbocycles. The molecule has 6 heteroatoms. The van der Waals surface area contributed by atoms with Crippen LogP contribution in [0.5, 0.6) is 0 Å². The quantitative estimate of drug-likeness (QED) is 0.734. The summed E-state index contributed by atoms with van der Waals surface area (Å²) in [5.41, 5.74) is 0.920. The number of rotatable bonds is 7. The molecule has 0 saturated carbocycles. The SMILES string of the molecule is CCN(CC)C(=O)CN1CCC(=O)N(Cc2ccc(F)cc2)C(C(C)C)C1. The number of amides is 2. The summed E-state index contributed by atoms with van der Waals surface area (Å²) in [7, 11) is 0. The monoisotopic (exact) mass is 377 g/mol. The van der Waals surface area contributed by atoms with Crippen LogP contribution >= 0.6 is 0 Å². The van der Waals surface area contributed by atoms with Gasteiger partial charge in [-0.05, 0) is 37.5 Å². The van der Waals surface area contributed by atoms with E-state index >= 15 is 0 Å². The van der Waals surface area contributed by atoms with E-state index in [0.717, 1.165) is 5.56 Å². The Balaban J connectivity index is 2.13. The fourth-order valence-corrected chi connectivity index (χ4v) is 3.61. The fraction of sp³-hybridized carbons (Fsp3) is 0.619. The van der Waals surface area contributed by atoms with Crippen LogP contribution in [-0.2, 0) is 16.1 Å². The van der Waals surface area contributed by atoms with E-state index in [9.17, 15) is 14.0 Å². The van der Waals surface area contributed by atoms with Crippen LogP contribution in [0.25, 0.3) is 0 Å². The zero-order valence-corrected chi connectivity index (χ0v) is 16.9. The van der Waals surface area contributed by atoms with Gasteiger partial charge in [-0.25, -0.2) is 4.39 Å². The maximum absolute atomic E-state index is 13.2. The van der Waals surface area contributed by atoms with E-state index in [1.54, 1.807) is 12.1 Å². The van der Waals surface area contributed by atoms with Gasteiger partial charge in [0.05, 0.1) is 6.54 Å². The minimum absolute atomic E-state index is 0.0227. The molecule has 1 atom stereocenters. The Morgan fingerprint density at radius 2 is 1.85 bits per heavy atom. The van der Waals surface area contributed by atoms with Crippen LogP contribution in [0.3, 0.4) is 0 Å². The Labute approximate surface area is 162 Å². The maximum Gasteiger partial charge on any atom is 0.236 e. The molecule has 1 aliphatic rings. The Kier molecular flexibility index (Phi) is 7.78. The van der Waals surface area contributed by atoms with Gasteiger partial charge in [0.2, 0.25) is 11.8 Å². The van der Waals surface area contributed by atoms with Crippen LogP contribution in [0, 0.1) is 11.7 Å². The first-order valence-electron chi connectivity index (χ1n) is 9.89. The van der Waals surface area contributed by atoms with Crippen molar-refractivity contribution in [2.75, 3.05) is 32.7 Å². The number of hydrogen-bond donors (Lipinski definition) is 0. The summed E-state index contributed by atoms with van der Waals surface area (Å²) in [5, 5.41) is 0. The standard InChI is InChI=1S/C21H32FN3O2/c1-5-24(6-2)21(27)15-23-12-11-20(26)25(19(14-23)16(3)4)13-17-7-9-18(22)10-8-17/h7-10,16,19H,5-6,11-15H2,1-4H3. The first kappa shape index (κ1) is 21.4. The van der Waals surface area contributed by atoms with Crippen molar-refractivity contribution in [2.24, 2.45) is 5.92 Å². The van der Waals surface area contributed by atoms with Crippen LogP contribution in [0.1, 0.15) is 39.7 Å². The van der Waals surface area contributed by atoms with E-state index in [1.807, 2.05) is 23.6 Å². The normalized spacial score (nSPS) is 18.7. The van der Waals surface area contributed by atoms with Crippen LogP contribution in [0.4, 0.5) is 4.39 Å². The van der Waals surface area contributed by atoms with E-state index in [2.05, 4.69) is 18.7 Å². The van der Waals surface area contributed by atoms with Crippen LogP contribution in [-0.4, -0.2) is 65.3 Å². The topological polar surface area (TPSA) is 43.9 Å². The number of carbonyl (C=O) groups excluding carboxylic acids is 2. The lowest BCUT2D eigenvalue weighted by Gasteiger charge is -2.35. The summed E-state index contributed by atoms with van der Waals surface area (Å²) in [5.74, 6) is 0.193. The molecule has 1 fully saturated rings. The summed E-state index contributed by atoms with van der Waals surface area (Å²) in [6, 6.07) is 6.34. The van der Waals surface area contributed by atoms with Gasteiger partial charge in [0, 0.05) is 45.2 Å². The summed E-state index contributed by atoms with van der Waals surface area (Å²) >= 11 is 0. The predicted molar refractivity (Wildman–Crippen MR) is 105 cm³/mol. The van der Waals surface area contributed by atoms with Crippen LogP contribution < -0.4 is 0 Å². The van der Waals surface area contributed by atoms with E-state index in [1.165, 1.54) is 12.1 Å². The lowest BCUT2D eigenvalue weighted by Crippen LogP contribution is -2.48. The highest BCUT2D eigenvalue weighted by molar-refractivity contribution is 5.79. The second-order valence-corrected chi connectivity index (χ2v) is 7.51. The molecular formula is C21H32FN3O2. The summed E-state index contributed by atoms with van der Waals surface area (Å²) in [6.07, 6.45) is 0.399. The molecule has 2 rings (SSSR count). The van der Waals surface area contributed by atoms with Gasteiger partial charge in [-0.3, -0.25) is 14.5 Å². The molecule has 27 heavy (non-hydrogen) atoms. The number of carbonyl (C=O) groups is 2. The molecule has 1 aromatic rings. The minimum Gasteiger partial charge on any atom is -0.342 e. The third kappa shape index (κ3) is 5.76. The van der Waals surface area contributed by atoms with Gasteiger partial charge in [0.1, 0.15) is 5.82 Å². The third-order valence-electron chi connectivity index (χ3n) is 5.32. The highest BCUT2D eigenvalue weighted by Crippen LogP contribution is 2.21. The number of benzene rings is 1. The van der Waals surface area contributed by atoms with E-state index in [0.29, 0.717) is 45.7 Å². The van der Waals surface area contributed by atoms with Crippen molar-refractivity contribution in [3.8, 4) is 0 Å². The summed E-state index contributed by atoms with van der Waals surface area (Å²) < 4.78 is 13.2. The van der Waals surface area contributed by atoms with Gasteiger partial charge in [-0.15, -0.1) is 0 Å². The van der Waals surface area contributed by atoms with Gasteiger partial charge in [-0.1, -0.05) is 26.0 Å². The van der Waals surface area contributed by atoms with Crippen molar-refractivity contribution in [2.45, 2.75) is 46.7 Å². The molecule has 0 radical (unpaired) electrons. The number of halogens is 1. The number of hydrogen-bond acceptors (Lipinski definition) is 3. The molecule has 1 heterocycles. The average molecular weight is 378 g/mol. The molecule has 1 unspecified atom stereocenters. The zero-order valence-electron chi connectivity index (χ0n) is 16.9. The molecule has 150 valence electrons. The molecule has 0 bridgehead atoms. The second kappa shape index (κ2) is 9.83. The minimum atomic E-state index is -0.276.